The van der Waals surface area contributed by atoms with E-state index in [0.717, 1.165) is 33.3 Å². The number of carbonyl (C=O) groups excluding carboxylic acids is 2. The van der Waals surface area contributed by atoms with Crippen molar-refractivity contribution in [1.29, 1.82) is 0 Å². The van der Waals surface area contributed by atoms with Gasteiger partial charge in [-0.15, -0.1) is 0 Å². The molecule has 8 nitrogen and oxygen atoms in total. The molecule has 0 saturated carbocycles. The van der Waals surface area contributed by atoms with Gasteiger partial charge in [0.25, 0.3) is 5.91 Å². The monoisotopic (exact) mass is 609 g/mol. The number of aryl methyl sites for hydroxylation is 1. The van der Waals surface area contributed by atoms with Crippen LogP contribution in [0.25, 0.3) is 22.0 Å². The molecule has 3 heterocycles. The highest BCUT2D eigenvalue weighted by Gasteiger charge is 2.25. The van der Waals surface area contributed by atoms with Crippen molar-refractivity contribution in [2.24, 2.45) is 0 Å². The van der Waals surface area contributed by atoms with Crippen LogP contribution in [0.4, 0.5) is 0 Å². The average Bonchev–Trinajstić information content (AvgIpc) is 3.49. The van der Waals surface area contributed by atoms with Crippen LogP contribution < -0.4 is 0 Å². The van der Waals surface area contributed by atoms with Gasteiger partial charge in [0.2, 0.25) is 5.76 Å². The molecular formula is C35H32ClN3O5. The number of fused-ring (bicyclic) bond motifs is 1. The Labute approximate surface area is 260 Å². The number of esters is 1. The number of allylic oxidation sites excluding steroid dienone is 1. The maximum absolute atomic E-state index is 14.4. The van der Waals surface area contributed by atoms with Crippen molar-refractivity contribution < 1.29 is 23.8 Å². The van der Waals surface area contributed by atoms with Gasteiger partial charge in [-0.25, -0.2) is 4.79 Å². The summed E-state index contributed by atoms with van der Waals surface area (Å²) >= 11 is 6.80. The molecule has 1 unspecified atom stereocenters. The van der Waals surface area contributed by atoms with Crippen molar-refractivity contribution in [2.45, 2.75) is 39.8 Å². The topological polar surface area (TPSA) is 106 Å². The summed E-state index contributed by atoms with van der Waals surface area (Å²) in [5, 5.41) is 11.0. The van der Waals surface area contributed by atoms with Crippen LogP contribution in [0.3, 0.4) is 0 Å². The Morgan fingerprint density at radius 3 is 2.55 bits per heavy atom. The van der Waals surface area contributed by atoms with Crippen molar-refractivity contribution in [3.05, 3.63) is 130 Å². The van der Waals surface area contributed by atoms with Gasteiger partial charge in [0.05, 0.1) is 47.8 Å². The summed E-state index contributed by atoms with van der Waals surface area (Å²) in [6.45, 7) is 9.41. The Balaban J connectivity index is 1.52. The van der Waals surface area contributed by atoms with E-state index in [0.29, 0.717) is 27.6 Å². The summed E-state index contributed by atoms with van der Waals surface area (Å²) in [4.78, 5) is 37.3. The number of aliphatic hydroxyl groups is 1. The second-order valence-electron chi connectivity index (χ2n) is 10.6. The molecule has 0 aliphatic rings. The van der Waals surface area contributed by atoms with Crippen LogP contribution in [-0.4, -0.2) is 39.0 Å². The molecule has 1 atom stereocenters. The summed E-state index contributed by atoms with van der Waals surface area (Å²) in [6.07, 6.45) is 1.71. The fraction of sp³-hybridized carbons (Fsp3) is 0.200. The predicted octanol–water partition coefficient (Wildman–Crippen LogP) is 7.96. The first kappa shape index (κ1) is 30.5. The van der Waals surface area contributed by atoms with Gasteiger partial charge in [-0.1, -0.05) is 67.6 Å². The molecule has 5 rings (SSSR count). The second kappa shape index (κ2) is 12.7. The van der Waals surface area contributed by atoms with Crippen LogP contribution in [0.5, 0.6) is 0 Å². The number of para-hydroxylation sites is 1. The first-order valence-electron chi connectivity index (χ1n) is 14.0. The summed E-state index contributed by atoms with van der Waals surface area (Å²) in [5.74, 6) is -0.569. The molecule has 0 fully saturated rings. The van der Waals surface area contributed by atoms with Crippen LogP contribution >= 0.6 is 11.6 Å². The number of nitrogens with zero attached hydrogens (tertiary/aromatic N) is 3. The molecule has 224 valence electrons. The predicted molar refractivity (Wildman–Crippen MR) is 170 cm³/mol. The molecule has 1 N–H and O–H groups in total. The molecule has 44 heavy (non-hydrogen) atoms. The van der Waals surface area contributed by atoms with E-state index < -0.39 is 5.97 Å². The number of hydrogen-bond donors (Lipinski definition) is 1. The highest BCUT2D eigenvalue weighted by atomic mass is 35.5. The smallest absolute Gasteiger partial charge is 0.373 e. The largest absolute Gasteiger partial charge is 0.512 e. The number of carbonyl (C=O) groups is 2. The number of ether oxygens (including phenoxy) is 1. The van der Waals surface area contributed by atoms with E-state index >= 15 is 0 Å². The van der Waals surface area contributed by atoms with Crippen molar-refractivity contribution >= 4 is 34.4 Å². The maximum Gasteiger partial charge on any atom is 0.373 e. The molecule has 0 spiro atoms. The number of furan rings is 1. The lowest BCUT2D eigenvalue weighted by atomic mass is 9.96. The lowest BCUT2D eigenvalue weighted by molar-refractivity contribution is 0.0560. The second-order valence-corrected chi connectivity index (χ2v) is 11.0. The standard InChI is InChI=1S/C35H32ClN3O5/c1-20-22(3)38-30-12-7-6-11-28(30)33(20)34(41)39(18-27-13-14-32(44-27)35(42)43-5)19-31-29(36)16-26(17-37-31)25-10-8-9-24(15-25)21(2)23(4)40/h6-17,21,40H,4,18-19H2,1-3,5H3. The molecular weight excluding hydrogens is 578 g/mol. The SMILES string of the molecule is C=C(O)C(C)c1cccc(-c2cnc(CN(Cc3ccc(C(=O)OC)o3)C(=O)c3c(C)c(C)nc4ccccc34)c(Cl)c2)c1. The fourth-order valence-electron chi connectivity index (χ4n) is 5.03. The van der Waals surface area contributed by atoms with E-state index in [1.807, 2.05) is 75.4 Å². The van der Waals surface area contributed by atoms with E-state index in [2.05, 4.69) is 16.5 Å². The first-order chi connectivity index (χ1) is 21.1. The number of rotatable bonds is 9. The number of amides is 1. The third-order valence-corrected chi connectivity index (χ3v) is 8.08. The zero-order valence-corrected chi connectivity index (χ0v) is 25.7. The Morgan fingerprint density at radius 1 is 1.05 bits per heavy atom. The minimum Gasteiger partial charge on any atom is -0.512 e. The first-order valence-corrected chi connectivity index (χ1v) is 14.4. The normalized spacial score (nSPS) is 11.8. The van der Waals surface area contributed by atoms with Crippen molar-refractivity contribution in [2.75, 3.05) is 7.11 Å². The molecule has 0 bridgehead atoms. The lowest BCUT2D eigenvalue weighted by Gasteiger charge is -2.24. The maximum atomic E-state index is 14.4. The Bertz CT molecular complexity index is 1900. The molecule has 0 aliphatic carbocycles. The van der Waals surface area contributed by atoms with Crippen LogP contribution in [0.1, 0.15) is 62.0 Å². The highest BCUT2D eigenvalue weighted by molar-refractivity contribution is 6.31. The number of methoxy groups -OCH3 is 1. The third kappa shape index (κ3) is 6.21. The molecule has 9 heteroatoms. The third-order valence-electron chi connectivity index (χ3n) is 7.75. The van der Waals surface area contributed by atoms with Crippen molar-refractivity contribution in [1.82, 2.24) is 14.9 Å². The number of halogens is 1. The average molecular weight is 610 g/mol. The van der Waals surface area contributed by atoms with Gasteiger partial charge in [-0.2, -0.15) is 0 Å². The minimum absolute atomic E-state index is 0.0399. The Hall–Kier alpha value is -4.95. The summed E-state index contributed by atoms with van der Waals surface area (Å²) in [5.41, 5.74) is 5.82. The molecule has 0 aliphatic heterocycles. The van der Waals surface area contributed by atoms with Gasteiger partial charge in [0, 0.05) is 28.8 Å². The molecule has 3 aromatic heterocycles. The lowest BCUT2D eigenvalue weighted by Crippen LogP contribution is -2.31. The van der Waals surface area contributed by atoms with Crippen molar-refractivity contribution in [3.8, 4) is 11.1 Å². The minimum atomic E-state index is -0.609. The zero-order valence-electron chi connectivity index (χ0n) is 24.9. The molecule has 1 amide bonds. The molecule has 0 saturated heterocycles. The number of hydrogen-bond acceptors (Lipinski definition) is 7. The molecule has 0 radical (unpaired) electrons. The Kier molecular flexibility index (Phi) is 8.83. The summed E-state index contributed by atoms with van der Waals surface area (Å²) in [6, 6.07) is 20.2. The number of pyridine rings is 2. The number of benzene rings is 2. The molecule has 5 aromatic rings. The van der Waals surface area contributed by atoms with Gasteiger partial charge in [0.15, 0.2) is 0 Å². The van der Waals surface area contributed by atoms with E-state index in [4.69, 9.17) is 20.8 Å². The molecule has 2 aromatic carbocycles. The Morgan fingerprint density at radius 2 is 1.82 bits per heavy atom. The van der Waals surface area contributed by atoms with E-state index in [1.54, 1.807) is 17.2 Å². The van der Waals surface area contributed by atoms with Gasteiger partial charge >= 0.3 is 5.97 Å². The van der Waals surface area contributed by atoms with E-state index in [1.165, 1.54) is 13.2 Å². The van der Waals surface area contributed by atoms with Crippen LogP contribution in [-0.2, 0) is 17.8 Å². The van der Waals surface area contributed by atoms with Gasteiger partial charge < -0.3 is 19.2 Å². The summed E-state index contributed by atoms with van der Waals surface area (Å²) in [7, 11) is 1.28. The van der Waals surface area contributed by atoms with Crippen LogP contribution in [0.2, 0.25) is 5.02 Å². The fourth-order valence-corrected chi connectivity index (χ4v) is 5.25. The van der Waals surface area contributed by atoms with Gasteiger partial charge in [-0.05, 0) is 54.8 Å². The van der Waals surface area contributed by atoms with E-state index in [9.17, 15) is 14.7 Å². The highest BCUT2D eigenvalue weighted by Crippen LogP contribution is 2.31. The van der Waals surface area contributed by atoms with E-state index in [-0.39, 0.29) is 36.4 Å². The quantitative estimate of drug-likeness (QED) is 0.133. The van der Waals surface area contributed by atoms with Crippen molar-refractivity contribution in [3.63, 3.8) is 0 Å². The van der Waals surface area contributed by atoms with Crippen LogP contribution in [0, 0.1) is 13.8 Å². The van der Waals surface area contributed by atoms with Gasteiger partial charge in [0.1, 0.15) is 5.76 Å². The number of aromatic nitrogens is 2. The number of aliphatic hydroxyl groups excluding tert-OH is 1. The zero-order chi connectivity index (χ0) is 31.5. The summed E-state index contributed by atoms with van der Waals surface area (Å²) < 4.78 is 10.5. The van der Waals surface area contributed by atoms with Gasteiger partial charge in [-0.3, -0.25) is 14.8 Å². The van der Waals surface area contributed by atoms with Crippen LogP contribution in [0.15, 0.2) is 89.7 Å².